The minimum absolute atomic E-state index is 0.210. The number of rotatable bonds is 6. The van der Waals surface area contributed by atoms with E-state index >= 15 is 0 Å². The molecule has 2 aromatic carbocycles. The fourth-order valence-corrected chi connectivity index (χ4v) is 4.13. The van der Waals surface area contributed by atoms with Crippen LogP contribution >= 0.6 is 0 Å². The second kappa shape index (κ2) is 8.85. The van der Waals surface area contributed by atoms with Crippen LogP contribution in [-0.4, -0.2) is 62.3 Å². The van der Waals surface area contributed by atoms with Crippen LogP contribution in [0.15, 0.2) is 35.1 Å². The Balaban J connectivity index is 1.61. The van der Waals surface area contributed by atoms with E-state index in [4.69, 9.17) is 9.47 Å². The van der Waals surface area contributed by atoms with Gasteiger partial charge in [-0.3, -0.25) is 9.78 Å². The molecule has 2 heterocycles. The summed E-state index contributed by atoms with van der Waals surface area (Å²) in [6, 6.07) is 10.1. The summed E-state index contributed by atoms with van der Waals surface area (Å²) in [6.07, 6.45) is 0. The molecule has 3 aromatic rings. The van der Waals surface area contributed by atoms with E-state index in [1.54, 1.807) is 20.3 Å². The van der Waals surface area contributed by atoms with Crippen LogP contribution in [0.25, 0.3) is 10.9 Å². The Morgan fingerprint density at radius 3 is 2.58 bits per heavy atom. The van der Waals surface area contributed by atoms with Gasteiger partial charge in [0.05, 0.1) is 25.1 Å². The highest BCUT2D eigenvalue weighted by atomic mass is 16.5. The summed E-state index contributed by atoms with van der Waals surface area (Å²) in [7, 11) is 5.29. The number of hydrogen-bond acceptors (Lipinski definition) is 7. The Kier molecular flexibility index (Phi) is 5.99. The van der Waals surface area contributed by atoms with Crippen LogP contribution in [0.4, 0.5) is 11.6 Å². The molecule has 0 radical (unpaired) electrons. The topological polar surface area (TPSA) is 82.7 Å². The lowest BCUT2D eigenvalue weighted by Crippen LogP contribution is -2.44. The monoisotopic (exact) mass is 423 g/mol. The van der Waals surface area contributed by atoms with Gasteiger partial charge in [-0.25, -0.2) is 4.98 Å². The maximum Gasteiger partial charge on any atom is 0.260 e. The number of nitrogens with one attached hydrogen (secondary N) is 2. The normalized spacial score (nSPS) is 14.6. The van der Waals surface area contributed by atoms with Gasteiger partial charge < -0.3 is 24.6 Å². The fourth-order valence-electron chi connectivity index (χ4n) is 4.13. The van der Waals surface area contributed by atoms with Gasteiger partial charge in [0.15, 0.2) is 11.5 Å². The average Bonchev–Trinajstić information content (AvgIpc) is 2.78. The zero-order valence-electron chi connectivity index (χ0n) is 18.5. The number of piperazine rings is 1. The quantitative estimate of drug-likeness (QED) is 0.631. The summed E-state index contributed by atoms with van der Waals surface area (Å²) in [5.41, 5.74) is 3.44. The Hall–Kier alpha value is -3.26. The van der Waals surface area contributed by atoms with E-state index in [0.717, 1.165) is 26.2 Å². The molecule has 0 amide bonds. The number of fused-ring (bicyclic) bond motifs is 1. The standard InChI is InChI=1S/C23H29N5O3/c1-15-20-17(13-19(30-3)21(15)31-4)25-23(26-22(20)29)24-14-16-7-5-6-8-18(16)28-11-9-27(2)10-12-28/h5-8,13H,9-12,14H2,1-4H3,(H2,24,25,26,29). The number of H-pyrrole nitrogens is 1. The zero-order valence-corrected chi connectivity index (χ0v) is 18.5. The molecule has 0 saturated carbocycles. The number of benzene rings is 2. The molecule has 1 saturated heterocycles. The van der Waals surface area contributed by atoms with E-state index in [1.807, 2.05) is 13.0 Å². The minimum atomic E-state index is -0.210. The van der Waals surface area contributed by atoms with Crippen molar-refractivity contribution >= 4 is 22.5 Å². The predicted molar refractivity (Wildman–Crippen MR) is 124 cm³/mol. The maximum atomic E-state index is 12.8. The van der Waals surface area contributed by atoms with Gasteiger partial charge in [0.2, 0.25) is 5.95 Å². The third kappa shape index (κ3) is 4.16. The first-order chi connectivity index (χ1) is 15.0. The summed E-state index contributed by atoms with van der Waals surface area (Å²) in [6.45, 7) is 6.49. The van der Waals surface area contributed by atoms with Crippen molar-refractivity contribution in [3.8, 4) is 11.5 Å². The van der Waals surface area contributed by atoms with Gasteiger partial charge >= 0.3 is 0 Å². The lowest BCUT2D eigenvalue weighted by Gasteiger charge is -2.35. The number of aromatic amines is 1. The van der Waals surface area contributed by atoms with Gasteiger partial charge in [0.25, 0.3) is 5.56 Å². The van der Waals surface area contributed by atoms with Crippen molar-refractivity contribution in [2.45, 2.75) is 13.5 Å². The molecule has 0 spiro atoms. The zero-order chi connectivity index (χ0) is 22.0. The van der Waals surface area contributed by atoms with Crippen molar-refractivity contribution in [2.24, 2.45) is 0 Å². The number of ether oxygens (including phenoxy) is 2. The first kappa shape index (κ1) is 21.0. The lowest BCUT2D eigenvalue weighted by molar-refractivity contribution is 0.312. The van der Waals surface area contributed by atoms with Crippen molar-refractivity contribution in [3.05, 3.63) is 51.8 Å². The molecule has 0 unspecified atom stereocenters. The van der Waals surface area contributed by atoms with E-state index in [-0.39, 0.29) is 5.56 Å². The largest absolute Gasteiger partial charge is 0.493 e. The van der Waals surface area contributed by atoms with E-state index < -0.39 is 0 Å². The Morgan fingerprint density at radius 2 is 1.87 bits per heavy atom. The van der Waals surface area contributed by atoms with Crippen LogP contribution in [0.5, 0.6) is 11.5 Å². The summed E-state index contributed by atoms with van der Waals surface area (Å²) in [5.74, 6) is 1.53. The highest BCUT2D eigenvalue weighted by Gasteiger charge is 2.18. The van der Waals surface area contributed by atoms with Gasteiger partial charge in [-0.05, 0) is 25.6 Å². The predicted octanol–water partition coefficient (Wildman–Crippen LogP) is 2.61. The van der Waals surface area contributed by atoms with Crippen molar-refractivity contribution < 1.29 is 9.47 Å². The smallest absolute Gasteiger partial charge is 0.260 e. The van der Waals surface area contributed by atoms with Crippen molar-refractivity contribution in [2.75, 3.05) is 57.7 Å². The molecule has 164 valence electrons. The molecular formula is C23H29N5O3. The third-order valence-electron chi connectivity index (χ3n) is 5.86. The van der Waals surface area contributed by atoms with Gasteiger partial charge in [0.1, 0.15) is 0 Å². The number of methoxy groups -OCH3 is 2. The average molecular weight is 424 g/mol. The van der Waals surface area contributed by atoms with Crippen molar-refractivity contribution in [1.29, 1.82) is 0 Å². The summed E-state index contributed by atoms with van der Waals surface area (Å²) in [4.78, 5) is 25.0. The van der Waals surface area contributed by atoms with Gasteiger partial charge in [-0.2, -0.15) is 0 Å². The van der Waals surface area contributed by atoms with E-state index in [0.29, 0.717) is 40.5 Å². The van der Waals surface area contributed by atoms with Crippen LogP contribution in [0, 0.1) is 6.92 Å². The molecule has 8 heteroatoms. The molecule has 1 fully saturated rings. The highest BCUT2D eigenvalue weighted by Crippen LogP contribution is 2.35. The Morgan fingerprint density at radius 1 is 1.13 bits per heavy atom. The molecule has 2 N–H and O–H groups in total. The molecule has 0 atom stereocenters. The number of anilines is 2. The number of aryl methyl sites for hydroxylation is 1. The summed E-state index contributed by atoms with van der Waals surface area (Å²) < 4.78 is 10.8. The molecule has 1 aliphatic rings. The highest BCUT2D eigenvalue weighted by molar-refractivity contribution is 5.86. The Labute approximate surface area is 181 Å². The van der Waals surface area contributed by atoms with Crippen LogP contribution in [0.1, 0.15) is 11.1 Å². The number of para-hydroxylation sites is 1. The van der Waals surface area contributed by atoms with Crippen molar-refractivity contribution in [1.82, 2.24) is 14.9 Å². The molecule has 31 heavy (non-hydrogen) atoms. The SMILES string of the molecule is COc1cc2nc(NCc3ccccc3N3CCN(C)CC3)[nH]c(=O)c2c(C)c1OC. The molecule has 0 aliphatic carbocycles. The molecule has 1 aliphatic heterocycles. The second-order valence-corrected chi connectivity index (χ2v) is 7.82. The molecule has 1 aromatic heterocycles. The number of likely N-dealkylation sites (N-methyl/N-ethyl adjacent to an activating group) is 1. The molecule has 0 bridgehead atoms. The molecule has 4 rings (SSSR count). The second-order valence-electron chi connectivity index (χ2n) is 7.82. The van der Waals surface area contributed by atoms with E-state index in [2.05, 4.69) is 50.3 Å². The van der Waals surface area contributed by atoms with Crippen LogP contribution in [0.3, 0.4) is 0 Å². The minimum Gasteiger partial charge on any atom is -0.493 e. The van der Waals surface area contributed by atoms with Gasteiger partial charge in [0, 0.05) is 50.0 Å². The lowest BCUT2D eigenvalue weighted by atomic mass is 10.1. The first-order valence-corrected chi connectivity index (χ1v) is 10.4. The van der Waals surface area contributed by atoms with E-state index in [9.17, 15) is 4.79 Å². The number of hydrogen-bond donors (Lipinski definition) is 2. The van der Waals surface area contributed by atoms with E-state index in [1.165, 1.54) is 11.3 Å². The maximum absolute atomic E-state index is 12.8. The fraction of sp³-hybridized carbons (Fsp3) is 0.391. The van der Waals surface area contributed by atoms with Crippen LogP contribution < -0.4 is 25.2 Å². The number of aromatic nitrogens is 2. The molecule has 8 nitrogen and oxygen atoms in total. The van der Waals surface area contributed by atoms with Gasteiger partial charge in [-0.1, -0.05) is 18.2 Å². The summed E-state index contributed by atoms with van der Waals surface area (Å²) >= 11 is 0. The molecular weight excluding hydrogens is 394 g/mol. The first-order valence-electron chi connectivity index (χ1n) is 10.4. The van der Waals surface area contributed by atoms with Crippen LogP contribution in [0.2, 0.25) is 0 Å². The third-order valence-corrected chi connectivity index (χ3v) is 5.86. The number of nitrogens with zero attached hydrogens (tertiary/aromatic N) is 3. The summed E-state index contributed by atoms with van der Waals surface area (Å²) in [5, 5.41) is 3.79. The van der Waals surface area contributed by atoms with Gasteiger partial charge in [-0.15, -0.1) is 0 Å². The Bertz CT molecular complexity index is 1140. The van der Waals surface area contributed by atoms with Crippen LogP contribution in [-0.2, 0) is 6.54 Å². The van der Waals surface area contributed by atoms with Crippen molar-refractivity contribution in [3.63, 3.8) is 0 Å².